The maximum absolute atomic E-state index is 4.68. The van der Waals surface area contributed by atoms with Crippen molar-refractivity contribution in [3.8, 4) is 11.3 Å². The van der Waals surface area contributed by atoms with E-state index in [1.807, 2.05) is 11.7 Å². The van der Waals surface area contributed by atoms with Gasteiger partial charge in [0.1, 0.15) is 0 Å². The van der Waals surface area contributed by atoms with E-state index in [4.69, 9.17) is 0 Å². The van der Waals surface area contributed by atoms with Crippen molar-refractivity contribution in [2.75, 3.05) is 6.54 Å². The van der Waals surface area contributed by atoms with E-state index in [-0.39, 0.29) is 0 Å². The molecule has 0 amide bonds. The fraction of sp³-hybridized carbons (Fsp3) is 0.357. The van der Waals surface area contributed by atoms with Crippen LogP contribution in [0.5, 0.6) is 0 Å². The Bertz CT molecular complexity index is 555. The average molecular weight is 227 g/mol. The molecule has 1 aliphatic heterocycles. The lowest BCUT2D eigenvalue weighted by Crippen LogP contribution is -2.24. The Morgan fingerprint density at radius 3 is 3.06 bits per heavy atom. The molecule has 0 bridgehead atoms. The van der Waals surface area contributed by atoms with Crippen LogP contribution in [-0.4, -0.2) is 16.3 Å². The van der Waals surface area contributed by atoms with Crippen LogP contribution in [0.25, 0.3) is 11.3 Å². The highest BCUT2D eigenvalue weighted by atomic mass is 15.3. The SMILES string of the molecule is Cc1cccc(-c2nn(C)c3c2CNCC3)c1. The van der Waals surface area contributed by atoms with Crippen LogP contribution in [0, 0.1) is 6.92 Å². The van der Waals surface area contributed by atoms with E-state index in [1.54, 1.807) is 0 Å². The van der Waals surface area contributed by atoms with Gasteiger partial charge in [-0.2, -0.15) is 5.10 Å². The number of nitrogens with one attached hydrogen (secondary N) is 1. The largest absolute Gasteiger partial charge is 0.312 e. The highest BCUT2D eigenvalue weighted by molar-refractivity contribution is 5.65. The van der Waals surface area contributed by atoms with Crippen LogP contribution < -0.4 is 5.32 Å². The highest BCUT2D eigenvalue weighted by Gasteiger charge is 2.19. The summed E-state index contributed by atoms with van der Waals surface area (Å²) in [5, 5.41) is 8.11. The van der Waals surface area contributed by atoms with Crippen molar-refractivity contribution in [1.29, 1.82) is 0 Å². The summed E-state index contributed by atoms with van der Waals surface area (Å²) in [4.78, 5) is 0. The molecule has 17 heavy (non-hydrogen) atoms. The zero-order chi connectivity index (χ0) is 11.8. The molecule has 3 heteroatoms. The van der Waals surface area contributed by atoms with E-state index < -0.39 is 0 Å². The molecule has 0 unspecified atom stereocenters. The number of aromatic nitrogens is 2. The van der Waals surface area contributed by atoms with Gasteiger partial charge in [0, 0.05) is 43.4 Å². The summed E-state index contributed by atoms with van der Waals surface area (Å²) in [5.41, 5.74) is 6.39. The smallest absolute Gasteiger partial charge is 0.0971 e. The van der Waals surface area contributed by atoms with Gasteiger partial charge in [-0.1, -0.05) is 23.8 Å². The minimum atomic E-state index is 0.937. The second-order valence-electron chi connectivity index (χ2n) is 4.69. The summed E-state index contributed by atoms with van der Waals surface area (Å²) in [5.74, 6) is 0. The lowest BCUT2D eigenvalue weighted by molar-refractivity contribution is 0.604. The molecule has 2 aromatic rings. The normalized spacial score (nSPS) is 14.7. The predicted molar refractivity (Wildman–Crippen MR) is 68.8 cm³/mol. The highest BCUT2D eigenvalue weighted by Crippen LogP contribution is 2.27. The molecule has 1 N–H and O–H groups in total. The molecule has 0 fully saturated rings. The molecule has 88 valence electrons. The molecule has 1 aliphatic rings. The fourth-order valence-electron chi connectivity index (χ4n) is 2.55. The maximum atomic E-state index is 4.68. The second kappa shape index (κ2) is 4.00. The van der Waals surface area contributed by atoms with Crippen molar-refractivity contribution in [2.45, 2.75) is 19.9 Å². The molecule has 0 spiro atoms. The summed E-state index contributed by atoms with van der Waals surface area (Å²) < 4.78 is 2.04. The third-order valence-electron chi connectivity index (χ3n) is 3.41. The van der Waals surface area contributed by atoms with Crippen LogP contribution in [0.3, 0.4) is 0 Å². The van der Waals surface area contributed by atoms with Crippen molar-refractivity contribution >= 4 is 0 Å². The van der Waals surface area contributed by atoms with Crippen molar-refractivity contribution in [2.24, 2.45) is 7.05 Å². The van der Waals surface area contributed by atoms with Gasteiger partial charge in [0.05, 0.1) is 5.69 Å². The molecule has 1 aromatic heterocycles. The molecule has 3 nitrogen and oxygen atoms in total. The number of nitrogens with zero attached hydrogens (tertiary/aromatic N) is 2. The molecule has 0 aliphatic carbocycles. The fourth-order valence-corrected chi connectivity index (χ4v) is 2.55. The third-order valence-corrected chi connectivity index (χ3v) is 3.41. The molecule has 3 rings (SSSR count). The van der Waals surface area contributed by atoms with Crippen molar-refractivity contribution in [3.05, 3.63) is 41.1 Å². The Hall–Kier alpha value is -1.61. The lowest BCUT2D eigenvalue weighted by atomic mass is 10.0. The zero-order valence-corrected chi connectivity index (χ0v) is 10.3. The Morgan fingerprint density at radius 2 is 2.24 bits per heavy atom. The topological polar surface area (TPSA) is 29.9 Å². The average Bonchev–Trinajstić information content (AvgIpc) is 2.68. The van der Waals surface area contributed by atoms with E-state index >= 15 is 0 Å². The Balaban J connectivity index is 2.15. The monoisotopic (exact) mass is 227 g/mol. The second-order valence-corrected chi connectivity index (χ2v) is 4.69. The molecule has 0 saturated carbocycles. The van der Waals surface area contributed by atoms with Crippen molar-refractivity contribution in [3.63, 3.8) is 0 Å². The molecule has 0 atom stereocenters. The van der Waals surface area contributed by atoms with Gasteiger partial charge in [0.25, 0.3) is 0 Å². The lowest BCUT2D eigenvalue weighted by Gasteiger charge is -2.14. The van der Waals surface area contributed by atoms with Gasteiger partial charge in [-0.25, -0.2) is 0 Å². The number of benzene rings is 1. The summed E-state index contributed by atoms with van der Waals surface area (Å²) in [6.07, 6.45) is 1.07. The predicted octanol–water partition coefficient (Wildman–Crippen LogP) is 2.04. The summed E-state index contributed by atoms with van der Waals surface area (Å²) in [6.45, 7) is 4.11. The van der Waals surface area contributed by atoms with Gasteiger partial charge in [0.2, 0.25) is 0 Å². The third kappa shape index (κ3) is 1.76. The van der Waals surface area contributed by atoms with Gasteiger partial charge < -0.3 is 5.32 Å². The molecular weight excluding hydrogens is 210 g/mol. The maximum Gasteiger partial charge on any atom is 0.0971 e. The van der Waals surface area contributed by atoms with E-state index in [0.717, 1.165) is 25.2 Å². The molecule has 2 heterocycles. The van der Waals surface area contributed by atoms with Crippen molar-refractivity contribution < 1.29 is 0 Å². The Morgan fingerprint density at radius 1 is 1.35 bits per heavy atom. The quantitative estimate of drug-likeness (QED) is 0.808. The zero-order valence-electron chi connectivity index (χ0n) is 10.3. The number of hydrogen-bond donors (Lipinski definition) is 1. The van der Waals surface area contributed by atoms with E-state index in [0.29, 0.717) is 0 Å². The van der Waals surface area contributed by atoms with E-state index in [2.05, 4.69) is 41.6 Å². The van der Waals surface area contributed by atoms with E-state index in [9.17, 15) is 0 Å². The van der Waals surface area contributed by atoms with Crippen LogP contribution in [0.15, 0.2) is 24.3 Å². The van der Waals surface area contributed by atoms with Crippen LogP contribution in [0.1, 0.15) is 16.8 Å². The summed E-state index contributed by atoms with van der Waals surface area (Å²) in [6, 6.07) is 8.57. The van der Waals surface area contributed by atoms with Crippen LogP contribution >= 0.6 is 0 Å². The Labute approximate surface area is 101 Å². The van der Waals surface area contributed by atoms with Gasteiger partial charge in [-0.05, 0) is 13.0 Å². The molecule has 0 saturated heterocycles. The van der Waals surface area contributed by atoms with Crippen LogP contribution in [0.2, 0.25) is 0 Å². The molecule has 0 radical (unpaired) electrons. The van der Waals surface area contributed by atoms with Crippen molar-refractivity contribution in [1.82, 2.24) is 15.1 Å². The number of rotatable bonds is 1. The standard InChI is InChI=1S/C14H17N3/c1-10-4-3-5-11(8-10)14-12-9-15-7-6-13(12)17(2)16-14/h3-5,8,15H,6-7,9H2,1-2H3. The minimum absolute atomic E-state index is 0.937. The Kier molecular flexibility index (Phi) is 2.48. The summed E-state index contributed by atoms with van der Waals surface area (Å²) in [7, 11) is 2.05. The first-order valence-electron chi connectivity index (χ1n) is 6.08. The number of aryl methyl sites for hydroxylation is 2. The van der Waals surface area contributed by atoms with Crippen LogP contribution in [-0.2, 0) is 20.0 Å². The number of hydrogen-bond acceptors (Lipinski definition) is 2. The van der Waals surface area contributed by atoms with Crippen LogP contribution in [0.4, 0.5) is 0 Å². The minimum Gasteiger partial charge on any atom is -0.312 e. The first kappa shape index (κ1) is 10.5. The van der Waals surface area contributed by atoms with Gasteiger partial charge in [-0.15, -0.1) is 0 Å². The molecular formula is C14H17N3. The summed E-state index contributed by atoms with van der Waals surface area (Å²) >= 11 is 0. The first-order valence-corrected chi connectivity index (χ1v) is 6.08. The first-order chi connectivity index (χ1) is 8.25. The number of fused-ring (bicyclic) bond motifs is 1. The van der Waals surface area contributed by atoms with Gasteiger partial charge in [-0.3, -0.25) is 4.68 Å². The van der Waals surface area contributed by atoms with E-state index in [1.165, 1.54) is 22.4 Å². The molecule has 1 aromatic carbocycles. The van der Waals surface area contributed by atoms with Gasteiger partial charge in [0.15, 0.2) is 0 Å². The van der Waals surface area contributed by atoms with Gasteiger partial charge >= 0.3 is 0 Å².